The third kappa shape index (κ3) is 5.31. The number of nitrogen functional groups attached to an aromatic ring is 1. The van der Waals surface area contributed by atoms with Gasteiger partial charge in [-0.15, -0.1) is 0 Å². The molecule has 1 amide bonds. The Morgan fingerprint density at radius 2 is 2.00 bits per heavy atom. The maximum Gasteiger partial charge on any atom is 0.254 e. The highest BCUT2D eigenvalue weighted by Crippen LogP contribution is 2.33. The topological polar surface area (TPSA) is 101 Å². The zero-order valence-corrected chi connectivity index (χ0v) is 18.9. The quantitative estimate of drug-likeness (QED) is 0.471. The molecule has 0 bridgehead atoms. The first-order valence-electron chi connectivity index (χ1n) is 11.1. The van der Waals surface area contributed by atoms with E-state index in [0.29, 0.717) is 27.8 Å². The molecule has 0 spiro atoms. The monoisotopic (exact) mass is 468 g/mol. The summed E-state index contributed by atoms with van der Waals surface area (Å²) >= 11 is 6.00. The van der Waals surface area contributed by atoms with Crippen LogP contribution in [-0.2, 0) is 0 Å². The number of nitrogens with one attached hydrogen (secondary N) is 1. The van der Waals surface area contributed by atoms with Crippen LogP contribution in [-0.4, -0.2) is 27.6 Å². The molecule has 172 valence electrons. The van der Waals surface area contributed by atoms with Gasteiger partial charge >= 0.3 is 0 Å². The minimum absolute atomic E-state index is 0.144. The maximum atomic E-state index is 15.0. The first-order valence-corrected chi connectivity index (χ1v) is 11.4. The van der Waals surface area contributed by atoms with Gasteiger partial charge in [0.15, 0.2) is 0 Å². The van der Waals surface area contributed by atoms with Crippen LogP contribution in [0.5, 0.6) is 0 Å². The Balaban J connectivity index is 1.56. The fourth-order valence-corrected chi connectivity index (χ4v) is 4.46. The van der Waals surface area contributed by atoms with Crippen molar-refractivity contribution in [1.82, 2.24) is 15.3 Å². The average molecular weight is 469 g/mol. The van der Waals surface area contributed by atoms with Crippen LogP contribution in [0.25, 0.3) is 11.3 Å². The number of halogens is 2. The third-order valence-electron chi connectivity index (χ3n) is 6.07. The Bertz CT molecular complexity index is 1150. The summed E-state index contributed by atoms with van der Waals surface area (Å²) in [6, 6.07) is 10.3. The second kappa shape index (κ2) is 10.3. The second-order valence-electron chi connectivity index (χ2n) is 8.32. The number of aliphatic hydroxyl groups is 1. The van der Waals surface area contributed by atoms with Gasteiger partial charge in [0.25, 0.3) is 5.91 Å². The predicted molar refractivity (Wildman–Crippen MR) is 126 cm³/mol. The minimum atomic E-state index is -0.719. The summed E-state index contributed by atoms with van der Waals surface area (Å²) in [4.78, 5) is 21.7. The molecule has 1 unspecified atom stereocenters. The van der Waals surface area contributed by atoms with E-state index < -0.39 is 17.8 Å². The Hall–Kier alpha value is -3.03. The van der Waals surface area contributed by atoms with Gasteiger partial charge in [-0.05, 0) is 42.7 Å². The number of rotatable bonds is 6. The smallest absolute Gasteiger partial charge is 0.254 e. The van der Waals surface area contributed by atoms with Crippen molar-refractivity contribution >= 4 is 23.3 Å². The number of carbonyl (C=O) groups is 1. The zero-order chi connectivity index (χ0) is 23.4. The molecular weight excluding hydrogens is 443 g/mol. The number of hydrogen-bond donors (Lipinski definition) is 3. The molecule has 3 aromatic rings. The first kappa shape index (κ1) is 23.1. The van der Waals surface area contributed by atoms with Crippen LogP contribution in [0.3, 0.4) is 0 Å². The second-order valence-corrected chi connectivity index (χ2v) is 8.76. The molecule has 0 radical (unpaired) electrons. The van der Waals surface area contributed by atoms with Gasteiger partial charge in [-0.2, -0.15) is 0 Å². The number of hydrogen-bond acceptors (Lipinski definition) is 5. The van der Waals surface area contributed by atoms with E-state index in [9.17, 15) is 14.3 Å². The van der Waals surface area contributed by atoms with Gasteiger partial charge in [0, 0.05) is 16.5 Å². The lowest BCUT2D eigenvalue weighted by molar-refractivity contribution is 0.0912. The van der Waals surface area contributed by atoms with E-state index in [1.165, 1.54) is 18.6 Å². The van der Waals surface area contributed by atoms with Gasteiger partial charge in [-0.1, -0.05) is 49.1 Å². The average Bonchev–Trinajstić information content (AvgIpc) is 2.83. The Labute approximate surface area is 197 Å². The minimum Gasteiger partial charge on any atom is -0.394 e. The summed E-state index contributed by atoms with van der Waals surface area (Å²) in [5, 5.41) is 12.8. The van der Waals surface area contributed by atoms with Crippen LogP contribution >= 0.6 is 11.6 Å². The van der Waals surface area contributed by atoms with E-state index in [1.807, 2.05) is 0 Å². The van der Waals surface area contributed by atoms with E-state index in [2.05, 4.69) is 10.3 Å². The SMILES string of the molecule is Nc1ncc(C2CCCCC2)nc1-c1ccc(C(=O)NC(CO)c2cccc(Cl)c2)c(F)c1. The molecule has 1 aliphatic carbocycles. The molecule has 1 saturated carbocycles. The highest BCUT2D eigenvalue weighted by molar-refractivity contribution is 6.30. The first-order chi connectivity index (χ1) is 16.0. The van der Waals surface area contributed by atoms with Gasteiger partial charge in [0.05, 0.1) is 30.1 Å². The van der Waals surface area contributed by atoms with Crippen LogP contribution in [0.4, 0.5) is 10.2 Å². The number of nitrogens with two attached hydrogens (primary N) is 1. The number of aromatic nitrogens is 2. The molecule has 1 aromatic heterocycles. The van der Waals surface area contributed by atoms with Gasteiger partial charge in [-0.3, -0.25) is 4.79 Å². The Morgan fingerprint density at radius 3 is 2.70 bits per heavy atom. The van der Waals surface area contributed by atoms with Crippen molar-refractivity contribution in [2.24, 2.45) is 0 Å². The van der Waals surface area contributed by atoms with E-state index in [0.717, 1.165) is 31.4 Å². The van der Waals surface area contributed by atoms with Crippen molar-refractivity contribution in [2.75, 3.05) is 12.3 Å². The summed E-state index contributed by atoms with van der Waals surface area (Å²) in [6.07, 6.45) is 7.38. The summed E-state index contributed by atoms with van der Waals surface area (Å²) in [7, 11) is 0. The number of amides is 1. The lowest BCUT2D eigenvalue weighted by Gasteiger charge is -2.21. The fraction of sp³-hybridized carbons (Fsp3) is 0.320. The van der Waals surface area contributed by atoms with E-state index in [-0.39, 0.29) is 18.0 Å². The number of nitrogens with zero attached hydrogens (tertiary/aromatic N) is 2. The standard InChI is InChI=1S/C25H26ClFN4O2/c26-18-8-4-7-16(11-18)22(14-32)31-25(33)19-10-9-17(12-20(19)27)23-24(28)29-13-21(30-23)15-5-2-1-3-6-15/h4,7-13,15,22,32H,1-3,5-6,14H2,(H2,28,29)(H,31,33). The highest BCUT2D eigenvalue weighted by Gasteiger charge is 2.21. The van der Waals surface area contributed by atoms with E-state index >= 15 is 0 Å². The van der Waals surface area contributed by atoms with Crippen molar-refractivity contribution < 1.29 is 14.3 Å². The van der Waals surface area contributed by atoms with Crippen LogP contribution in [0.15, 0.2) is 48.7 Å². The van der Waals surface area contributed by atoms with E-state index in [4.69, 9.17) is 22.3 Å². The largest absolute Gasteiger partial charge is 0.394 e. The van der Waals surface area contributed by atoms with Gasteiger partial charge in [-0.25, -0.2) is 14.4 Å². The molecule has 33 heavy (non-hydrogen) atoms. The van der Waals surface area contributed by atoms with Gasteiger partial charge in [0.1, 0.15) is 17.3 Å². The summed E-state index contributed by atoms with van der Waals surface area (Å²) in [5.41, 5.74) is 8.26. The fourth-order valence-electron chi connectivity index (χ4n) is 4.26. The molecule has 1 aliphatic rings. The molecule has 1 fully saturated rings. The summed E-state index contributed by atoms with van der Waals surface area (Å²) in [6.45, 7) is -0.355. The van der Waals surface area contributed by atoms with Crippen molar-refractivity contribution in [1.29, 1.82) is 0 Å². The molecule has 6 nitrogen and oxygen atoms in total. The van der Waals surface area contributed by atoms with Crippen molar-refractivity contribution in [3.8, 4) is 11.3 Å². The molecule has 2 aromatic carbocycles. The zero-order valence-electron chi connectivity index (χ0n) is 18.1. The lowest BCUT2D eigenvalue weighted by Crippen LogP contribution is -2.31. The molecule has 0 saturated heterocycles. The third-order valence-corrected chi connectivity index (χ3v) is 6.30. The van der Waals surface area contributed by atoms with Crippen LogP contribution in [0.2, 0.25) is 5.02 Å². The number of benzene rings is 2. The maximum absolute atomic E-state index is 15.0. The molecule has 8 heteroatoms. The van der Waals surface area contributed by atoms with Crippen molar-refractivity contribution in [3.05, 3.63) is 76.3 Å². The molecule has 1 heterocycles. The summed E-state index contributed by atoms with van der Waals surface area (Å²) in [5.74, 6) is -0.806. The number of anilines is 1. The van der Waals surface area contributed by atoms with Crippen LogP contribution < -0.4 is 11.1 Å². The summed E-state index contributed by atoms with van der Waals surface area (Å²) < 4.78 is 15.0. The molecular formula is C25H26ClFN4O2. The number of carbonyl (C=O) groups excluding carboxylic acids is 1. The van der Waals surface area contributed by atoms with Crippen LogP contribution in [0.1, 0.15) is 65.7 Å². The van der Waals surface area contributed by atoms with Crippen LogP contribution in [0, 0.1) is 5.82 Å². The predicted octanol–water partition coefficient (Wildman–Crippen LogP) is 5.03. The highest BCUT2D eigenvalue weighted by atomic mass is 35.5. The Kier molecular flexibility index (Phi) is 7.20. The van der Waals surface area contributed by atoms with Crippen molar-refractivity contribution in [3.63, 3.8) is 0 Å². The van der Waals surface area contributed by atoms with Gasteiger partial charge < -0.3 is 16.2 Å². The van der Waals surface area contributed by atoms with Gasteiger partial charge in [0.2, 0.25) is 0 Å². The molecule has 4 rings (SSSR count). The normalized spacial score (nSPS) is 15.2. The lowest BCUT2D eigenvalue weighted by atomic mass is 9.87. The van der Waals surface area contributed by atoms with E-state index in [1.54, 1.807) is 36.5 Å². The van der Waals surface area contributed by atoms with Crippen molar-refractivity contribution in [2.45, 2.75) is 44.1 Å². The molecule has 0 aliphatic heterocycles. The number of aliphatic hydroxyl groups excluding tert-OH is 1. The molecule has 4 N–H and O–H groups in total. The Morgan fingerprint density at radius 1 is 1.21 bits per heavy atom. The molecule has 1 atom stereocenters.